The zero-order valence-electron chi connectivity index (χ0n) is 9.62. The fourth-order valence-electron chi connectivity index (χ4n) is 1.36. The Morgan fingerprint density at radius 2 is 2.14 bits per heavy atom. The Morgan fingerprint density at radius 3 is 2.57 bits per heavy atom. The molecule has 0 aliphatic heterocycles. The highest BCUT2D eigenvalue weighted by molar-refractivity contribution is 5.02. The van der Waals surface area contributed by atoms with Gasteiger partial charge in [0.2, 0.25) is 0 Å². The van der Waals surface area contributed by atoms with Crippen LogP contribution in [0.5, 0.6) is 0 Å². The summed E-state index contributed by atoms with van der Waals surface area (Å²) >= 11 is 0. The molecule has 2 N–H and O–H groups in total. The molecular formula is C11H21N3. The summed E-state index contributed by atoms with van der Waals surface area (Å²) in [5.41, 5.74) is 7.39. The Bertz CT molecular complexity index is 283. The summed E-state index contributed by atoms with van der Waals surface area (Å²) in [4.78, 5) is 4.25. The van der Waals surface area contributed by atoms with Gasteiger partial charge in [-0.25, -0.2) is 4.98 Å². The predicted molar refractivity (Wildman–Crippen MR) is 58.8 cm³/mol. The lowest BCUT2D eigenvalue weighted by molar-refractivity contribution is 0.348. The second-order valence-corrected chi connectivity index (χ2v) is 5.17. The summed E-state index contributed by atoms with van der Waals surface area (Å²) in [6.07, 6.45) is 5.92. The van der Waals surface area contributed by atoms with Crippen molar-refractivity contribution in [3.05, 3.63) is 18.2 Å². The van der Waals surface area contributed by atoms with E-state index in [-0.39, 0.29) is 6.04 Å². The van der Waals surface area contributed by atoms with E-state index < -0.39 is 0 Å². The molecule has 1 rings (SSSR count). The molecule has 3 heteroatoms. The molecule has 0 aliphatic carbocycles. The minimum absolute atomic E-state index is 0.0791. The molecule has 80 valence electrons. The molecule has 0 aliphatic rings. The van der Waals surface area contributed by atoms with Gasteiger partial charge in [-0.3, -0.25) is 0 Å². The van der Waals surface area contributed by atoms with Crippen molar-refractivity contribution in [3.63, 3.8) is 0 Å². The highest BCUT2D eigenvalue weighted by atomic mass is 15.0. The van der Waals surface area contributed by atoms with Crippen molar-refractivity contribution < 1.29 is 0 Å². The molecule has 1 atom stereocenters. The minimum atomic E-state index is 0.0791. The zero-order chi connectivity index (χ0) is 10.8. The monoisotopic (exact) mass is 195 g/mol. The van der Waals surface area contributed by atoms with Crippen LogP contribution in [0, 0.1) is 5.41 Å². The molecule has 1 aromatic rings. The van der Waals surface area contributed by atoms with E-state index in [0.29, 0.717) is 5.41 Å². The van der Waals surface area contributed by atoms with Crippen LogP contribution >= 0.6 is 0 Å². The van der Waals surface area contributed by atoms with Gasteiger partial charge in [-0.2, -0.15) is 0 Å². The van der Waals surface area contributed by atoms with Crippen LogP contribution in [0.3, 0.4) is 0 Å². The Kier molecular flexibility index (Phi) is 3.32. The van der Waals surface area contributed by atoms with E-state index in [0.717, 1.165) is 18.5 Å². The smallest absolute Gasteiger partial charge is 0.0947 e. The number of nitrogens with two attached hydrogens (primary N) is 1. The molecule has 0 radical (unpaired) electrons. The molecule has 3 nitrogen and oxygen atoms in total. The molecule has 0 bridgehead atoms. The Hall–Kier alpha value is -0.830. The van der Waals surface area contributed by atoms with Crippen molar-refractivity contribution in [1.82, 2.24) is 9.55 Å². The number of aryl methyl sites for hydroxylation is 1. The van der Waals surface area contributed by atoms with Gasteiger partial charge in [-0.1, -0.05) is 20.8 Å². The Labute approximate surface area is 86.3 Å². The number of nitrogens with zero attached hydrogens (tertiary/aromatic N) is 2. The SMILES string of the molecule is Cn1cnc(C(N)CCC(C)(C)C)c1. The third-order valence-corrected chi connectivity index (χ3v) is 2.31. The molecule has 0 fully saturated rings. The van der Waals surface area contributed by atoms with E-state index in [1.54, 1.807) is 6.33 Å². The Balaban J connectivity index is 2.47. The summed E-state index contributed by atoms with van der Waals surface area (Å²) in [5, 5.41) is 0. The third-order valence-electron chi connectivity index (χ3n) is 2.31. The van der Waals surface area contributed by atoms with Crippen LogP contribution in [-0.2, 0) is 7.05 Å². The highest BCUT2D eigenvalue weighted by Gasteiger charge is 2.15. The lowest BCUT2D eigenvalue weighted by Crippen LogP contribution is -2.15. The molecule has 0 saturated carbocycles. The molecule has 0 spiro atoms. The maximum atomic E-state index is 6.04. The van der Waals surface area contributed by atoms with Crippen LogP contribution in [0.4, 0.5) is 0 Å². The average molecular weight is 195 g/mol. The van der Waals surface area contributed by atoms with Crippen molar-refractivity contribution >= 4 is 0 Å². The first-order valence-corrected chi connectivity index (χ1v) is 5.12. The number of hydrogen-bond donors (Lipinski definition) is 1. The van der Waals surface area contributed by atoms with Crippen LogP contribution in [-0.4, -0.2) is 9.55 Å². The number of imidazole rings is 1. The summed E-state index contributed by atoms with van der Waals surface area (Å²) in [5.74, 6) is 0. The summed E-state index contributed by atoms with van der Waals surface area (Å²) in [7, 11) is 1.97. The largest absolute Gasteiger partial charge is 0.340 e. The second-order valence-electron chi connectivity index (χ2n) is 5.17. The van der Waals surface area contributed by atoms with Gasteiger partial charge < -0.3 is 10.3 Å². The van der Waals surface area contributed by atoms with Crippen molar-refractivity contribution in [3.8, 4) is 0 Å². The van der Waals surface area contributed by atoms with Crippen LogP contribution in [0.25, 0.3) is 0 Å². The van der Waals surface area contributed by atoms with Crippen molar-refractivity contribution in [2.24, 2.45) is 18.2 Å². The average Bonchev–Trinajstić information content (AvgIpc) is 2.46. The van der Waals surface area contributed by atoms with Gasteiger partial charge in [-0.05, 0) is 18.3 Å². The van der Waals surface area contributed by atoms with E-state index in [1.165, 1.54) is 0 Å². The molecular weight excluding hydrogens is 174 g/mol. The van der Waals surface area contributed by atoms with Gasteiger partial charge >= 0.3 is 0 Å². The lowest BCUT2D eigenvalue weighted by Gasteiger charge is -2.19. The molecule has 0 aromatic carbocycles. The van der Waals surface area contributed by atoms with E-state index in [9.17, 15) is 0 Å². The van der Waals surface area contributed by atoms with Crippen molar-refractivity contribution in [2.45, 2.75) is 39.7 Å². The maximum absolute atomic E-state index is 6.04. The van der Waals surface area contributed by atoms with Crippen LogP contribution in [0.1, 0.15) is 45.3 Å². The van der Waals surface area contributed by atoms with Gasteiger partial charge in [-0.15, -0.1) is 0 Å². The van der Waals surface area contributed by atoms with E-state index in [2.05, 4.69) is 25.8 Å². The molecule has 0 amide bonds. The molecule has 1 aromatic heterocycles. The molecule has 14 heavy (non-hydrogen) atoms. The van der Waals surface area contributed by atoms with E-state index in [1.807, 2.05) is 17.8 Å². The standard InChI is InChI=1S/C11H21N3/c1-11(2,3)6-5-9(12)10-7-14(4)8-13-10/h7-9H,5-6,12H2,1-4H3. The maximum Gasteiger partial charge on any atom is 0.0947 e. The summed E-state index contributed by atoms with van der Waals surface area (Å²) < 4.78 is 1.94. The second kappa shape index (κ2) is 4.13. The van der Waals surface area contributed by atoms with Crippen LogP contribution in [0.15, 0.2) is 12.5 Å². The lowest BCUT2D eigenvalue weighted by atomic mass is 9.88. The van der Waals surface area contributed by atoms with Gasteiger partial charge in [0.25, 0.3) is 0 Å². The van der Waals surface area contributed by atoms with E-state index >= 15 is 0 Å². The van der Waals surface area contributed by atoms with Gasteiger partial charge in [0, 0.05) is 19.3 Å². The van der Waals surface area contributed by atoms with Gasteiger partial charge in [0.05, 0.1) is 12.0 Å². The van der Waals surface area contributed by atoms with Gasteiger partial charge in [0.15, 0.2) is 0 Å². The number of hydrogen-bond acceptors (Lipinski definition) is 2. The normalized spacial score (nSPS) is 14.4. The van der Waals surface area contributed by atoms with Crippen LogP contribution in [0.2, 0.25) is 0 Å². The fraction of sp³-hybridized carbons (Fsp3) is 0.727. The first kappa shape index (κ1) is 11.2. The van der Waals surface area contributed by atoms with Crippen molar-refractivity contribution in [2.75, 3.05) is 0 Å². The van der Waals surface area contributed by atoms with Gasteiger partial charge in [0.1, 0.15) is 0 Å². The third kappa shape index (κ3) is 3.50. The predicted octanol–water partition coefficient (Wildman–Crippen LogP) is 2.25. The molecule has 0 saturated heterocycles. The quantitative estimate of drug-likeness (QED) is 0.804. The Morgan fingerprint density at radius 1 is 1.50 bits per heavy atom. The number of aromatic nitrogens is 2. The highest BCUT2D eigenvalue weighted by Crippen LogP contribution is 2.25. The summed E-state index contributed by atoms with van der Waals surface area (Å²) in [6.45, 7) is 6.70. The minimum Gasteiger partial charge on any atom is -0.340 e. The van der Waals surface area contributed by atoms with Crippen LogP contribution < -0.4 is 5.73 Å². The van der Waals surface area contributed by atoms with E-state index in [4.69, 9.17) is 5.73 Å². The number of rotatable bonds is 3. The summed E-state index contributed by atoms with van der Waals surface area (Å²) in [6, 6.07) is 0.0791. The molecule has 1 heterocycles. The first-order valence-electron chi connectivity index (χ1n) is 5.12. The molecule has 1 unspecified atom stereocenters. The topological polar surface area (TPSA) is 43.8 Å². The van der Waals surface area contributed by atoms with Crippen molar-refractivity contribution in [1.29, 1.82) is 0 Å². The fourth-order valence-corrected chi connectivity index (χ4v) is 1.36. The zero-order valence-corrected chi connectivity index (χ0v) is 9.62. The first-order chi connectivity index (χ1) is 6.38.